The van der Waals surface area contributed by atoms with Gasteiger partial charge in [-0.2, -0.15) is 0 Å². The second kappa shape index (κ2) is 6.44. The summed E-state index contributed by atoms with van der Waals surface area (Å²) >= 11 is 0. The number of H-pyrrole nitrogens is 1. The Bertz CT molecular complexity index is 781. The summed E-state index contributed by atoms with van der Waals surface area (Å²) in [7, 11) is -3.47. The molecular weight excluding hydrogens is 308 g/mol. The van der Waals surface area contributed by atoms with Crippen molar-refractivity contribution in [1.82, 2.24) is 4.98 Å². The lowest BCUT2D eigenvalue weighted by atomic mass is 10.3. The van der Waals surface area contributed by atoms with Crippen LogP contribution in [0.3, 0.4) is 0 Å². The Morgan fingerprint density at radius 3 is 2.55 bits per heavy atom. The Morgan fingerprint density at radius 1 is 1.18 bits per heavy atom. The smallest absolute Gasteiger partial charge is 0.355 e. The molecule has 1 amide bonds. The average molecular weight is 322 g/mol. The topological polar surface area (TPSA) is 105 Å². The van der Waals surface area contributed by atoms with Gasteiger partial charge < -0.3 is 15.0 Å². The zero-order chi connectivity index (χ0) is 16.2. The van der Waals surface area contributed by atoms with E-state index in [2.05, 4.69) is 10.3 Å². The molecule has 2 rings (SSSR count). The van der Waals surface area contributed by atoms with Crippen molar-refractivity contribution < 1.29 is 22.7 Å². The van der Waals surface area contributed by atoms with Gasteiger partial charge in [-0.25, -0.2) is 13.2 Å². The molecule has 0 spiro atoms. The van der Waals surface area contributed by atoms with Crippen LogP contribution < -0.4 is 5.32 Å². The van der Waals surface area contributed by atoms with Gasteiger partial charge in [-0.3, -0.25) is 4.79 Å². The molecular formula is C14H14N2O5S. The van der Waals surface area contributed by atoms with Crippen LogP contribution >= 0.6 is 0 Å². The maximum Gasteiger partial charge on any atom is 0.355 e. The third-order valence-corrected chi connectivity index (χ3v) is 3.87. The Hall–Kier alpha value is -2.61. The first-order valence-electron chi connectivity index (χ1n) is 6.27. The van der Waals surface area contributed by atoms with Crippen molar-refractivity contribution in [1.29, 1.82) is 0 Å². The van der Waals surface area contributed by atoms with Crippen LogP contribution in [0.4, 0.5) is 5.69 Å². The first-order valence-corrected chi connectivity index (χ1v) is 8.16. The summed E-state index contributed by atoms with van der Waals surface area (Å²) in [4.78, 5) is 26.0. The van der Waals surface area contributed by atoms with Crippen LogP contribution in [0.25, 0.3) is 0 Å². The van der Waals surface area contributed by atoms with Crippen LogP contribution in [0, 0.1) is 0 Å². The number of ether oxygens (including phenoxy) is 1. The average Bonchev–Trinajstić information content (AvgIpc) is 2.98. The first kappa shape index (κ1) is 15.8. The van der Waals surface area contributed by atoms with Crippen LogP contribution in [0.5, 0.6) is 0 Å². The molecule has 1 heterocycles. The van der Waals surface area contributed by atoms with Gasteiger partial charge in [0.2, 0.25) is 0 Å². The quantitative estimate of drug-likeness (QED) is 0.805. The van der Waals surface area contributed by atoms with E-state index in [1.807, 2.05) is 0 Å². The van der Waals surface area contributed by atoms with E-state index in [4.69, 9.17) is 4.74 Å². The number of carbonyl (C=O) groups excluding carboxylic acids is 2. The Balaban J connectivity index is 2.00. The summed E-state index contributed by atoms with van der Waals surface area (Å²) in [5.74, 6) is -1.30. The third-order valence-electron chi connectivity index (χ3n) is 2.71. The second-order valence-corrected chi connectivity index (χ2v) is 6.46. The lowest BCUT2D eigenvalue weighted by Crippen LogP contribution is -2.22. The summed E-state index contributed by atoms with van der Waals surface area (Å²) in [6.07, 6.45) is 2.60. The summed E-state index contributed by atoms with van der Waals surface area (Å²) in [5, 5.41) is 2.41. The molecule has 8 heteroatoms. The normalized spacial score (nSPS) is 11.0. The van der Waals surface area contributed by atoms with Gasteiger partial charge in [0, 0.05) is 12.5 Å². The van der Waals surface area contributed by atoms with E-state index in [0.717, 1.165) is 6.26 Å². The van der Waals surface area contributed by atoms with Gasteiger partial charge >= 0.3 is 5.97 Å². The molecule has 0 aliphatic carbocycles. The minimum atomic E-state index is -3.47. The van der Waals surface area contributed by atoms with Gasteiger partial charge in [-0.05, 0) is 24.3 Å². The molecule has 22 heavy (non-hydrogen) atoms. The summed E-state index contributed by atoms with van der Waals surface area (Å²) < 4.78 is 28.0. The standard InChI is InChI=1S/C14H14N2O5S/c1-22(19,20)12-7-3-2-5-10(12)16-13(17)9-21-14(18)11-6-4-8-15-11/h2-8,15H,9H2,1H3,(H,16,17). The molecule has 0 aliphatic heterocycles. The maximum atomic E-state index is 11.8. The number of rotatable bonds is 5. The van der Waals surface area contributed by atoms with E-state index in [1.165, 1.54) is 18.2 Å². The fraction of sp³-hybridized carbons (Fsp3) is 0.143. The molecule has 0 saturated heterocycles. The number of hydrogen-bond acceptors (Lipinski definition) is 5. The molecule has 0 atom stereocenters. The first-order chi connectivity index (χ1) is 10.4. The van der Waals surface area contributed by atoms with Crippen molar-refractivity contribution in [2.45, 2.75) is 4.90 Å². The Kier molecular flexibility index (Phi) is 4.62. The largest absolute Gasteiger partial charge is 0.451 e. The van der Waals surface area contributed by atoms with E-state index >= 15 is 0 Å². The number of aromatic nitrogens is 1. The van der Waals surface area contributed by atoms with Crippen molar-refractivity contribution in [2.24, 2.45) is 0 Å². The molecule has 1 aromatic carbocycles. The fourth-order valence-electron chi connectivity index (χ4n) is 1.75. The number of amides is 1. The van der Waals surface area contributed by atoms with Crippen LogP contribution in [-0.2, 0) is 19.4 Å². The molecule has 0 radical (unpaired) electrons. The van der Waals surface area contributed by atoms with Gasteiger partial charge in [0.15, 0.2) is 16.4 Å². The summed E-state index contributed by atoms with van der Waals surface area (Å²) in [6, 6.07) is 9.13. The number of carbonyl (C=O) groups is 2. The molecule has 116 valence electrons. The van der Waals surface area contributed by atoms with Gasteiger partial charge in [-0.1, -0.05) is 12.1 Å². The van der Waals surface area contributed by atoms with Crippen molar-refractivity contribution in [2.75, 3.05) is 18.2 Å². The summed E-state index contributed by atoms with van der Waals surface area (Å²) in [6.45, 7) is -0.518. The molecule has 0 fully saturated rings. The Labute approximate surface area is 127 Å². The van der Waals surface area contributed by atoms with Gasteiger partial charge in [0.05, 0.1) is 10.6 Å². The van der Waals surface area contributed by atoms with Crippen molar-refractivity contribution in [3.63, 3.8) is 0 Å². The van der Waals surface area contributed by atoms with Crippen LogP contribution in [0.1, 0.15) is 10.5 Å². The van der Waals surface area contributed by atoms with Gasteiger partial charge in [0.25, 0.3) is 5.91 Å². The number of aromatic amines is 1. The van der Waals surface area contributed by atoms with Crippen molar-refractivity contribution in [3.05, 3.63) is 48.3 Å². The van der Waals surface area contributed by atoms with E-state index in [-0.39, 0.29) is 16.3 Å². The van der Waals surface area contributed by atoms with Crippen molar-refractivity contribution >= 4 is 27.4 Å². The predicted molar refractivity (Wildman–Crippen MR) is 79.3 cm³/mol. The molecule has 0 aliphatic rings. The van der Waals surface area contributed by atoms with E-state index in [0.29, 0.717) is 0 Å². The number of para-hydroxylation sites is 1. The van der Waals surface area contributed by atoms with E-state index < -0.39 is 28.3 Å². The zero-order valence-corrected chi connectivity index (χ0v) is 12.5. The highest BCUT2D eigenvalue weighted by Crippen LogP contribution is 2.20. The Morgan fingerprint density at radius 2 is 1.91 bits per heavy atom. The molecule has 7 nitrogen and oxygen atoms in total. The third kappa shape index (κ3) is 3.95. The predicted octanol–water partition coefficient (Wildman–Crippen LogP) is 1.21. The number of sulfone groups is 1. The van der Waals surface area contributed by atoms with Gasteiger partial charge in [-0.15, -0.1) is 0 Å². The zero-order valence-electron chi connectivity index (χ0n) is 11.7. The lowest BCUT2D eigenvalue weighted by Gasteiger charge is -2.09. The highest BCUT2D eigenvalue weighted by molar-refractivity contribution is 7.90. The molecule has 0 saturated carbocycles. The minimum Gasteiger partial charge on any atom is -0.451 e. The van der Waals surface area contributed by atoms with Crippen LogP contribution in [-0.4, -0.2) is 38.1 Å². The fourth-order valence-corrected chi connectivity index (χ4v) is 2.59. The number of hydrogen-bond donors (Lipinski definition) is 2. The SMILES string of the molecule is CS(=O)(=O)c1ccccc1NC(=O)COC(=O)c1ccc[nH]1. The second-order valence-electron chi connectivity index (χ2n) is 4.48. The highest BCUT2D eigenvalue weighted by Gasteiger charge is 2.16. The highest BCUT2D eigenvalue weighted by atomic mass is 32.2. The number of anilines is 1. The molecule has 0 bridgehead atoms. The number of nitrogens with one attached hydrogen (secondary N) is 2. The number of benzene rings is 1. The van der Waals surface area contributed by atoms with Crippen LogP contribution in [0.15, 0.2) is 47.5 Å². The number of esters is 1. The molecule has 1 aromatic heterocycles. The van der Waals surface area contributed by atoms with E-state index in [9.17, 15) is 18.0 Å². The van der Waals surface area contributed by atoms with E-state index in [1.54, 1.807) is 24.4 Å². The maximum absolute atomic E-state index is 11.8. The molecule has 0 unspecified atom stereocenters. The molecule has 2 aromatic rings. The molecule has 2 N–H and O–H groups in total. The van der Waals surface area contributed by atoms with Gasteiger partial charge in [0.1, 0.15) is 5.69 Å². The van der Waals surface area contributed by atoms with Crippen molar-refractivity contribution in [3.8, 4) is 0 Å². The summed E-state index contributed by atoms with van der Waals surface area (Å²) in [5.41, 5.74) is 0.371. The lowest BCUT2D eigenvalue weighted by molar-refractivity contribution is -0.119. The minimum absolute atomic E-state index is 0.000885. The van der Waals surface area contributed by atoms with Crippen LogP contribution in [0.2, 0.25) is 0 Å². The monoisotopic (exact) mass is 322 g/mol.